The van der Waals surface area contributed by atoms with Crippen LogP contribution >= 0.6 is 7.14 Å². The highest BCUT2D eigenvalue weighted by Gasteiger charge is 2.46. The first kappa shape index (κ1) is 20.9. The first-order valence-corrected chi connectivity index (χ1v) is 11.2. The van der Waals surface area contributed by atoms with E-state index in [1.54, 1.807) is 0 Å². The lowest BCUT2D eigenvalue weighted by Gasteiger charge is -2.31. The van der Waals surface area contributed by atoms with E-state index in [9.17, 15) is 4.57 Å². The van der Waals surface area contributed by atoms with E-state index in [-0.39, 0.29) is 11.1 Å². The van der Waals surface area contributed by atoms with Gasteiger partial charge < -0.3 is 24.2 Å². The molecular weight excluding hydrogens is 367 g/mol. The van der Waals surface area contributed by atoms with Gasteiger partial charge in [0.05, 0.1) is 0 Å². The Balaban J connectivity index is 2.18. The molecule has 1 aromatic carbocycles. The summed E-state index contributed by atoms with van der Waals surface area (Å²) in [6, 6.07) is 9.73. The Hall–Kier alpha value is -1.87. The van der Waals surface area contributed by atoms with Crippen molar-refractivity contribution in [3.05, 3.63) is 66.9 Å². The molecule has 0 fully saturated rings. The minimum Gasteiger partial charge on any atom is -0.341 e. The zero-order valence-electron chi connectivity index (χ0n) is 18.2. The average Bonchev–Trinajstić information content (AvgIpc) is 3.18. The van der Waals surface area contributed by atoms with Crippen LogP contribution in [0.4, 0.5) is 0 Å². The zero-order chi connectivity index (χ0) is 20.9. The van der Waals surface area contributed by atoms with Crippen molar-refractivity contribution in [2.75, 3.05) is 14.1 Å². The standard InChI is InChI=1S/C22H31N4OP/c1-21(2,3)25-14-19(23(7)16-25)28(27,18-12-10-9-11-13-18)20-15-26(17-24(20)8)22(4,5)6/h9-15H,1-8H3. The molecule has 3 rings (SSSR count). The summed E-state index contributed by atoms with van der Waals surface area (Å²) in [5.74, 6) is 0. The molecule has 0 saturated heterocycles. The van der Waals surface area contributed by atoms with Crippen LogP contribution in [-0.2, 0) is 4.57 Å². The topological polar surface area (TPSA) is 30.0 Å². The molecule has 4 radical (unpaired) electrons. The van der Waals surface area contributed by atoms with Gasteiger partial charge in [-0.2, -0.15) is 0 Å². The summed E-state index contributed by atoms with van der Waals surface area (Å²) in [4.78, 5) is 7.74. The van der Waals surface area contributed by atoms with Crippen LogP contribution in [0, 0.1) is 13.3 Å². The highest BCUT2D eigenvalue weighted by Crippen LogP contribution is 2.64. The first-order valence-electron chi connectivity index (χ1n) is 9.54. The van der Waals surface area contributed by atoms with E-state index in [0.717, 1.165) is 16.2 Å². The third-order valence-electron chi connectivity index (χ3n) is 4.90. The maximum atomic E-state index is 14.8. The molecule has 2 aliphatic rings. The molecule has 0 atom stereocenters. The average molecular weight is 398 g/mol. The van der Waals surface area contributed by atoms with E-state index in [0.29, 0.717) is 0 Å². The molecule has 0 amide bonds. The van der Waals surface area contributed by atoms with Crippen LogP contribution < -0.4 is 5.30 Å². The quantitative estimate of drug-likeness (QED) is 0.706. The predicted octanol–water partition coefficient (Wildman–Crippen LogP) is 4.36. The molecule has 150 valence electrons. The Labute approximate surface area is 170 Å². The first-order chi connectivity index (χ1) is 12.8. The van der Waals surface area contributed by atoms with Crippen molar-refractivity contribution in [2.24, 2.45) is 0 Å². The van der Waals surface area contributed by atoms with Crippen LogP contribution in [0.3, 0.4) is 0 Å². The summed E-state index contributed by atoms with van der Waals surface area (Å²) >= 11 is 0. The molecule has 0 aromatic heterocycles. The van der Waals surface area contributed by atoms with Crippen LogP contribution in [0.1, 0.15) is 41.5 Å². The molecule has 5 nitrogen and oxygen atoms in total. The summed E-state index contributed by atoms with van der Waals surface area (Å²) in [6.45, 7) is 19.3. The number of nitrogens with zero attached hydrogens (tertiary/aromatic N) is 4. The van der Waals surface area contributed by atoms with Crippen molar-refractivity contribution in [1.82, 2.24) is 19.6 Å². The number of hydrogen-bond acceptors (Lipinski definition) is 5. The normalized spacial score (nSPS) is 18.7. The SMILES string of the molecule is CN1[C]N(C(C)(C)C)C=C1P(=O)(C1=CN(C(C)(C)C)[C]N1C)c1ccccc1. The van der Waals surface area contributed by atoms with Crippen LogP contribution in [0.2, 0.25) is 0 Å². The van der Waals surface area contributed by atoms with Gasteiger partial charge in [-0.3, -0.25) is 0 Å². The Morgan fingerprint density at radius 3 is 1.46 bits per heavy atom. The lowest BCUT2D eigenvalue weighted by Crippen LogP contribution is -2.35. The summed E-state index contributed by atoms with van der Waals surface area (Å²) in [5, 5.41) is 0.807. The Morgan fingerprint density at radius 1 is 0.750 bits per heavy atom. The maximum Gasteiger partial charge on any atom is 0.208 e. The molecule has 0 aliphatic carbocycles. The second-order valence-corrected chi connectivity index (χ2v) is 12.0. The largest absolute Gasteiger partial charge is 0.341 e. The molecule has 0 spiro atoms. The van der Waals surface area contributed by atoms with Crippen molar-refractivity contribution < 1.29 is 4.57 Å². The van der Waals surface area contributed by atoms with Gasteiger partial charge >= 0.3 is 0 Å². The van der Waals surface area contributed by atoms with E-state index >= 15 is 0 Å². The van der Waals surface area contributed by atoms with Crippen molar-refractivity contribution >= 4 is 12.4 Å². The van der Waals surface area contributed by atoms with Gasteiger partial charge in [-0.25, -0.2) is 0 Å². The monoisotopic (exact) mass is 398 g/mol. The fraction of sp³-hybridized carbons (Fsp3) is 0.455. The molecule has 0 N–H and O–H groups in total. The molecule has 28 heavy (non-hydrogen) atoms. The van der Waals surface area contributed by atoms with E-state index in [2.05, 4.69) is 54.9 Å². The molecule has 6 heteroatoms. The Morgan fingerprint density at radius 2 is 1.14 bits per heavy atom. The minimum absolute atomic E-state index is 0.150. The van der Waals surface area contributed by atoms with Crippen LogP contribution in [0.15, 0.2) is 53.6 Å². The van der Waals surface area contributed by atoms with Gasteiger partial charge in [-0.1, -0.05) is 30.3 Å². The van der Waals surface area contributed by atoms with Crippen LogP contribution in [0.25, 0.3) is 0 Å². The van der Waals surface area contributed by atoms with E-state index < -0.39 is 7.14 Å². The van der Waals surface area contributed by atoms with Crippen molar-refractivity contribution in [3.8, 4) is 0 Å². The lowest BCUT2D eigenvalue weighted by atomic mass is 10.1. The van der Waals surface area contributed by atoms with Crippen molar-refractivity contribution in [2.45, 2.75) is 52.6 Å². The predicted molar refractivity (Wildman–Crippen MR) is 115 cm³/mol. The van der Waals surface area contributed by atoms with Crippen LogP contribution in [0.5, 0.6) is 0 Å². The molecule has 2 heterocycles. The van der Waals surface area contributed by atoms with E-state index in [4.69, 9.17) is 0 Å². The minimum atomic E-state index is -3.13. The number of benzene rings is 1. The van der Waals surface area contributed by atoms with Gasteiger partial charge in [0, 0.05) is 42.9 Å². The fourth-order valence-corrected chi connectivity index (χ4v) is 6.03. The molecule has 2 aliphatic heterocycles. The van der Waals surface area contributed by atoms with Gasteiger partial charge in [0.1, 0.15) is 10.9 Å². The Bertz CT molecular complexity index is 784. The fourth-order valence-electron chi connectivity index (χ4n) is 3.18. The number of rotatable bonds is 3. The summed E-state index contributed by atoms with van der Waals surface area (Å²) in [6.07, 6.45) is 3.95. The highest BCUT2D eigenvalue weighted by atomic mass is 31.2. The van der Waals surface area contributed by atoms with Crippen molar-refractivity contribution in [1.29, 1.82) is 0 Å². The molecule has 0 saturated carbocycles. The lowest BCUT2D eigenvalue weighted by molar-refractivity contribution is 0.226. The highest BCUT2D eigenvalue weighted by molar-refractivity contribution is 7.79. The third-order valence-corrected chi connectivity index (χ3v) is 8.05. The molecular formula is C22H31N4OP. The van der Waals surface area contributed by atoms with Gasteiger partial charge in [-0.05, 0) is 41.5 Å². The van der Waals surface area contributed by atoms with Gasteiger partial charge in [0.25, 0.3) is 0 Å². The summed E-state index contributed by atoms with van der Waals surface area (Å²) < 4.78 is 14.8. The second kappa shape index (κ2) is 6.88. The summed E-state index contributed by atoms with van der Waals surface area (Å²) in [7, 11) is 0.701. The van der Waals surface area contributed by atoms with Crippen LogP contribution in [-0.4, -0.2) is 44.8 Å². The van der Waals surface area contributed by atoms with Gasteiger partial charge in [-0.15, -0.1) is 0 Å². The second-order valence-electron chi connectivity index (χ2n) is 9.32. The van der Waals surface area contributed by atoms with E-state index in [1.807, 2.05) is 76.4 Å². The smallest absolute Gasteiger partial charge is 0.208 e. The third kappa shape index (κ3) is 3.57. The van der Waals surface area contributed by atoms with Gasteiger partial charge in [0.15, 0.2) is 0 Å². The molecule has 1 aromatic rings. The van der Waals surface area contributed by atoms with Gasteiger partial charge in [0.2, 0.25) is 20.5 Å². The zero-order valence-corrected chi connectivity index (χ0v) is 19.1. The van der Waals surface area contributed by atoms with Crippen molar-refractivity contribution in [3.63, 3.8) is 0 Å². The number of hydrogen-bond donors (Lipinski definition) is 0. The molecule has 0 bridgehead atoms. The Kier molecular flexibility index (Phi) is 5.12. The molecule has 0 unspecified atom stereocenters. The maximum absolute atomic E-state index is 14.8. The summed E-state index contributed by atoms with van der Waals surface area (Å²) in [5.41, 5.74) is 1.21. The van der Waals surface area contributed by atoms with E-state index in [1.165, 1.54) is 0 Å².